The summed E-state index contributed by atoms with van der Waals surface area (Å²) in [5.74, 6) is 0.428. The molecule has 0 saturated carbocycles. The molecule has 1 saturated heterocycles. The minimum absolute atomic E-state index is 0.0586. The summed E-state index contributed by atoms with van der Waals surface area (Å²) < 4.78 is 1.68. The molecule has 1 atom stereocenters. The molecule has 10 heteroatoms. The van der Waals surface area contributed by atoms with Crippen LogP contribution in [0.25, 0.3) is 33.4 Å². The Morgan fingerprint density at radius 3 is 2.71 bits per heavy atom. The Morgan fingerprint density at radius 1 is 1.14 bits per heavy atom. The van der Waals surface area contributed by atoms with Crippen LogP contribution in [-0.2, 0) is 4.79 Å². The lowest BCUT2D eigenvalue weighted by Crippen LogP contribution is -2.35. The van der Waals surface area contributed by atoms with Gasteiger partial charge < -0.3 is 10.6 Å². The molecule has 4 heterocycles. The van der Waals surface area contributed by atoms with Gasteiger partial charge in [-0.05, 0) is 32.4 Å². The third-order valence-electron chi connectivity index (χ3n) is 6.26. The molecule has 0 aliphatic carbocycles. The van der Waals surface area contributed by atoms with Crippen molar-refractivity contribution >= 4 is 28.5 Å². The molecule has 0 spiro atoms. The quantitative estimate of drug-likeness (QED) is 0.468. The molecule has 178 valence electrons. The number of nitrogens with zero attached hydrogens (tertiary/aromatic N) is 6. The number of halogens is 1. The van der Waals surface area contributed by atoms with Crippen molar-refractivity contribution in [2.24, 2.45) is 5.73 Å². The molecule has 1 fully saturated rings. The first-order valence-corrected chi connectivity index (χ1v) is 11.7. The van der Waals surface area contributed by atoms with Crippen LogP contribution >= 0.6 is 11.6 Å². The highest BCUT2D eigenvalue weighted by Gasteiger charge is 2.30. The second-order valence-corrected chi connectivity index (χ2v) is 9.06. The highest BCUT2D eigenvalue weighted by molar-refractivity contribution is 6.33. The molecule has 1 aliphatic rings. The second-order valence-electron chi connectivity index (χ2n) is 8.66. The van der Waals surface area contributed by atoms with Gasteiger partial charge in [-0.15, -0.1) is 0 Å². The van der Waals surface area contributed by atoms with Crippen molar-refractivity contribution in [1.29, 1.82) is 0 Å². The van der Waals surface area contributed by atoms with Crippen LogP contribution in [0.5, 0.6) is 0 Å². The Kier molecular flexibility index (Phi) is 6.04. The predicted octanol–water partition coefficient (Wildman–Crippen LogP) is 2.92. The number of aromatic nitrogens is 5. The first kappa shape index (κ1) is 23.1. The van der Waals surface area contributed by atoms with Gasteiger partial charge in [-0.2, -0.15) is 0 Å². The number of nitrogens with two attached hydrogens (primary N) is 1. The molecule has 0 radical (unpaired) electrons. The number of pyridine rings is 1. The van der Waals surface area contributed by atoms with E-state index in [1.807, 2.05) is 19.1 Å². The number of hydrogen-bond donors (Lipinski definition) is 1. The van der Waals surface area contributed by atoms with Crippen molar-refractivity contribution in [3.63, 3.8) is 0 Å². The van der Waals surface area contributed by atoms with Crippen LogP contribution in [0, 0.1) is 13.8 Å². The molecule has 4 aromatic rings. The van der Waals surface area contributed by atoms with E-state index in [1.165, 1.54) is 0 Å². The van der Waals surface area contributed by atoms with Crippen LogP contribution in [0.1, 0.15) is 24.0 Å². The number of carbonyl (C=O) groups excluding carboxylic acids is 1. The zero-order valence-corrected chi connectivity index (χ0v) is 20.2. The minimum Gasteiger partial charge on any atom is -0.339 e. The molecule has 1 aliphatic heterocycles. The molecule has 35 heavy (non-hydrogen) atoms. The summed E-state index contributed by atoms with van der Waals surface area (Å²) in [4.78, 5) is 45.3. The maximum atomic E-state index is 13.9. The largest absolute Gasteiger partial charge is 0.339 e. The standard InChI is InChI=1S/C25H24ClN7O2/c1-14-10-28-12-22(30-14)16-3-4-19(21(26)8-16)20-7-17-11-29-15(2)31-24(17)33(25(20)35)18-5-6-32(13-18)23(34)9-27/h3-4,7-8,10-12,18H,5-6,9,13,27H2,1-2H3. The first-order chi connectivity index (χ1) is 16.9. The van der Waals surface area contributed by atoms with Crippen molar-refractivity contribution in [3.05, 3.63) is 69.8 Å². The summed E-state index contributed by atoms with van der Waals surface area (Å²) in [6.07, 6.45) is 5.70. The SMILES string of the molecule is Cc1cncc(-c2ccc(-c3cc4cnc(C)nc4n(C4CCN(C(=O)CN)C4)c3=O)c(Cl)c2)n1. The molecule has 5 rings (SSSR count). The van der Waals surface area contributed by atoms with Crippen LogP contribution < -0.4 is 11.3 Å². The summed E-state index contributed by atoms with van der Waals surface area (Å²) in [6.45, 7) is 4.53. The fourth-order valence-corrected chi connectivity index (χ4v) is 4.82. The first-order valence-electron chi connectivity index (χ1n) is 11.3. The average Bonchev–Trinajstić information content (AvgIpc) is 3.33. The topological polar surface area (TPSA) is 120 Å². The smallest absolute Gasteiger partial charge is 0.260 e. The predicted molar refractivity (Wildman–Crippen MR) is 134 cm³/mol. The number of benzene rings is 1. The molecule has 3 aromatic heterocycles. The molecule has 1 amide bonds. The number of amides is 1. The lowest BCUT2D eigenvalue weighted by Gasteiger charge is -2.20. The van der Waals surface area contributed by atoms with Crippen LogP contribution in [0.4, 0.5) is 0 Å². The average molecular weight is 490 g/mol. The van der Waals surface area contributed by atoms with E-state index >= 15 is 0 Å². The Bertz CT molecular complexity index is 1520. The van der Waals surface area contributed by atoms with Crippen LogP contribution in [-0.4, -0.2) is 54.9 Å². The van der Waals surface area contributed by atoms with Crippen molar-refractivity contribution in [2.45, 2.75) is 26.3 Å². The van der Waals surface area contributed by atoms with Crippen molar-refractivity contribution in [1.82, 2.24) is 29.4 Å². The number of hydrogen-bond acceptors (Lipinski definition) is 7. The van der Waals surface area contributed by atoms with Crippen LogP contribution in [0.15, 0.2) is 47.7 Å². The van der Waals surface area contributed by atoms with Gasteiger partial charge in [0.25, 0.3) is 5.56 Å². The van der Waals surface area contributed by atoms with Gasteiger partial charge in [-0.1, -0.05) is 23.7 Å². The molecule has 0 bridgehead atoms. The molecule has 2 N–H and O–H groups in total. The van der Waals surface area contributed by atoms with E-state index in [1.54, 1.807) is 47.1 Å². The van der Waals surface area contributed by atoms with Crippen LogP contribution in [0.3, 0.4) is 0 Å². The monoisotopic (exact) mass is 489 g/mol. The Morgan fingerprint density at radius 2 is 1.97 bits per heavy atom. The summed E-state index contributed by atoms with van der Waals surface area (Å²) >= 11 is 6.70. The molecule has 9 nitrogen and oxygen atoms in total. The minimum atomic E-state index is -0.227. The van der Waals surface area contributed by atoms with E-state index in [9.17, 15) is 9.59 Å². The molecular weight excluding hydrogens is 466 g/mol. The van der Waals surface area contributed by atoms with E-state index in [2.05, 4.69) is 19.9 Å². The maximum absolute atomic E-state index is 13.9. The number of fused-ring (bicyclic) bond motifs is 1. The molecular formula is C25H24ClN7O2. The van der Waals surface area contributed by atoms with E-state index in [0.717, 1.165) is 16.6 Å². The summed E-state index contributed by atoms with van der Waals surface area (Å²) in [5, 5.41) is 1.15. The number of likely N-dealkylation sites (tertiary alicyclic amines) is 1. The van der Waals surface area contributed by atoms with Gasteiger partial charge in [0.05, 0.1) is 30.2 Å². The zero-order chi connectivity index (χ0) is 24.7. The van der Waals surface area contributed by atoms with E-state index in [-0.39, 0.29) is 24.1 Å². The van der Waals surface area contributed by atoms with Gasteiger partial charge in [0.15, 0.2) is 0 Å². The van der Waals surface area contributed by atoms with Crippen LogP contribution in [0.2, 0.25) is 5.02 Å². The Hall–Kier alpha value is -3.69. The Balaban J connectivity index is 1.64. The van der Waals surface area contributed by atoms with E-state index in [0.29, 0.717) is 52.8 Å². The Labute approximate surface area is 206 Å². The third kappa shape index (κ3) is 4.28. The summed E-state index contributed by atoms with van der Waals surface area (Å²) in [5.41, 5.74) is 9.24. The maximum Gasteiger partial charge on any atom is 0.260 e. The molecule has 1 unspecified atom stereocenters. The van der Waals surface area contributed by atoms with E-state index in [4.69, 9.17) is 17.3 Å². The van der Waals surface area contributed by atoms with E-state index < -0.39 is 0 Å². The summed E-state index contributed by atoms with van der Waals surface area (Å²) in [6, 6.07) is 7.04. The highest BCUT2D eigenvalue weighted by atomic mass is 35.5. The lowest BCUT2D eigenvalue weighted by atomic mass is 10.0. The van der Waals surface area contributed by atoms with Gasteiger partial charge in [0.2, 0.25) is 5.91 Å². The van der Waals surface area contributed by atoms with Crippen molar-refractivity contribution in [2.75, 3.05) is 19.6 Å². The number of carbonyl (C=O) groups is 1. The normalized spacial score (nSPS) is 15.7. The zero-order valence-electron chi connectivity index (χ0n) is 19.4. The van der Waals surface area contributed by atoms with Gasteiger partial charge >= 0.3 is 0 Å². The second kappa shape index (κ2) is 9.16. The van der Waals surface area contributed by atoms with Gasteiger partial charge in [-0.25, -0.2) is 15.0 Å². The van der Waals surface area contributed by atoms with Crippen molar-refractivity contribution in [3.8, 4) is 22.4 Å². The fraction of sp³-hybridized carbons (Fsp3) is 0.280. The van der Waals surface area contributed by atoms with Gasteiger partial charge in [-0.3, -0.25) is 19.1 Å². The lowest BCUT2D eigenvalue weighted by molar-refractivity contribution is -0.128. The highest BCUT2D eigenvalue weighted by Crippen LogP contribution is 2.32. The third-order valence-corrected chi connectivity index (χ3v) is 6.57. The number of aryl methyl sites for hydroxylation is 2. The fourth-order valence-electron chi connectivity index (χ4n) is 4.54. The summed E-state index contributed by atoms with van der Waals surface area (Å²) in [7, 11) is 0. The van der Waals surface area contributed by atoms with Gasteiger partial charge in [0.1, 0.15) is 11.5 Å². The number of rotatable bonds is 4. The van der Waals surface area contributed by atoms with Gasteiger partial charge in [0, 0.05) is 52.6 Å². The van der Waals surface area contributed by atoms with Crippen molar-refractivity contribution < 1.29 is 4.79 Å². The molecule has 1 aromatic carbocycles.